The van der Waals surface area contributed by atoms with E-state index in [1.54, 1.807) is 12.1 Å². The van der Waals surface area contributed by atoms with Gasteiger partial charge in [0.1, 0.15) is 5.82 Å². The Morgan fingerprint density at radius 2 is 2.04 bits per heavy atom. The number of benzene rings is 1. The van der Waals surface area contributed by atoms with Gasteiger partial charge in [0.15, 0.2) is 5.69 Å². The van der Waals surface area contributed by atoms with Gasteiger partial charge in [0, 0.05) is 37.6 Å². The van der Waals surface area contributed by atoms with Crippen molar-refractivity contribution < 1.29 is 9.53 Å². The van der Waals surface area contributed by atoms with Crippen LogP contribution in [0.1, 0.15) is 42.7 Å². The van der Waals surface area contributed by atoms with E-state index < -0.39 is 0 Å². The molecule has 7 heteroatoms. The third kappa shape index (κ3) is 4.98. The molecule has 2 N–H and O–H groups in total. The Labute approximate surface area is 166 Å². The van der Waals surface area contributed by atoms with Gasteiger partial charge in [0.05, 0.1) is 6.10 Å². The molecule has 0 aliphatic carbocycles. The first kappa shape index (κ1) is 20.1. The summed E-state index contributed by atoms with van der Waals surface area (Å²) >= 11 is 0. The van der Waals surface area contributed by atoms with Crippen molar-refractivity contribution >= 4 is 23.1 Å². The van der Waals surface area contributed by atoms with Crippen LogP contribution >= 0.6 is 0 Å². The first-order valence-electron chi connectivity index (χ1n) is 9.96. The SMILES string of the molecule is CCN(CC)c1ccc(NC(=O)c2ccc(NCC3CCCO3)nn2)c(C)c1. The smallest absolute Gasteiger partial charge is 0.276 e. The average Bonchev–Trinajstić information content (AvgIpc) is 3.23. The predicted octanol–water partition coefficient (Wildman–Crippen LogP) is 3.47. The van der Waals surface area contributed by atoms with Crippen LogP contribution in [0.15, 0.2) is 30.3 Å². The second-order valence-corrected chi connectivity index (χ2v) is 6.95. The normalized spacial score (nSPS) is 16.0. The fourth-order valence-corrected chi connectivity index (χ4v) is 3.33. The van der Waals surface area contributed by atoms with E-state index in [0.29, 0.717) is 12.4 Å². The standard InChI is InChI=1S/C21H29N5O2/c1-4-26(5-2)16-8-9-18(15(3)13-16)23-21(27)19-10-11-20(25-24-19)22-14-17-7-6-12-28-17/h8-11,13,17H,4-7,12,14H2,1-3H3,(H,22,25)(H,23,27). The summed E-state index contributed by atoms with van der Waals surface area (Å²) in [7, 11) is 0. The molecule has 1 amide bonds. The van der Waals surface area contributed by atoms with Crippen molar-refractivity contribution in [3.05, 3.63) is 41.6 Å². The van der Waals surface area contributed by atoms with Gasteiger partial charge in [-0.3, -0.25) is 4.79 Å². The molecule has 1 fully saturated rings. The number of rotatable bonds is 8. The average molecular weight is 383 g/mol. The Morgan fingerprint density at radius 1 is 1.21 bits per heavy atom. The number of nitrogens with zero attached hydrogens (tertiary/aromatic N) is 3. The van der Waals surface area contributed by atoms with E-state index in [1.807, 2.05) is 19.1 Å². The molecule has 0 spiro atoms. The highest BCUT2D eigenvalue weighted by Crippen LogP contribution is 2.23. The molecular weight excluding hydrogens is 354 g/mol. The maximum atomic E-state index is 12.5. The summed E-state index contributed by atoms with van der Waals surface area (Å²) in [4.78, 5) is 14.8. The zero-order valence-electron chi connectivity index (χ0n) is 16.9. The molecule has 28 heavy (non-hydrogen) atoms. The molecule has 1 atom stereocenters. The highest BCUT2D eigenvalue weighted by molar-refractivity contribution is 6.03. The Kier molecular flexibility index (Phi) is 6.81. The van der Waals surface area contributed by atoms with Gasteiger partial charge < -0.3 is 20.3 Å². The van der Waals surface area contributed by atoms with E-state index in [9.17, 15) is 4.79 Å². The molecule has 150 valence electrons. The minimum atomic E-state index is -0.267. The summed E-state index contributed by atoms with van der Waals surface area (Å²) in [5.74, 6) is 0.378. The van der Waals surface area contributed by atoms with Crippen molar-refractivity contribution in [1.82, 2.24) is 10.2 Å². The molecule has 1 unspecified atom stereocenters. The highest BCUT2D eigenvalue weighted by atomic mass is 16.5. The van der Waals surface area contributed by atoms with Gasteiger partial charge >= 0.3 is 0 Å². The maximum absolute atomic E-state index is 12.5. The molecule has 7 nitrogen and oxygen atoms in total. The topological polar surface area (TPSA) is 79.4 Å². The van der Waals surface area contributed by atoms with Crippen LogP contribution in [0.3, 0.4) is 0 Å². The molecule has 0 saturated carbocycles. The van der Waals surface area contributed by atoms with Gasteiger partial charge in [0.2, 0.25) is 0 Å². The van der Waals surface area contributed by atoms with Gasteiger partial charge in [-0.2, -0.15) is 0 Å². The van der Waals surface area contributed by atoms with Crippen molar-refractivity contribution in [1.29, 1.82) is 0 Å². The third-order valence-electron chi connectivity index (χ3n) is 5.02. The number of ether oxygens (including phenoxy) is 1. The number of aromatic nitrogens is 2. The van der Waals surface area contributed by atoms with Gasteiger partial charge in [0.25, 0.3) is 5.91 Å². The van der Waals surface area contributed by atoms with E-state index in [0.717, 1.165) is 49.5 Å². The minimum absolute atomic E-state index is 0.229. The van der Waals surface area contributed by atoms with Crippen LogP contribution in [-0.2, 0) is 4.74 Å². The van der Waals surface area contributed by atoms with Crippen LogP contribution < -0.4 is 15.5 Å². The first-order valence-corrected chi connectivity index (χ1v) is 9.96. The molecule has 1 aliphatic rings. The van der Waals surface area contributed by atoms with Crippen LogP contribution in [0.4, 0.5) is 17.2 Å². The summed E-state index contributed by atoms with van der Waals surface area (Å²) < 4.78 is 5.57. The van der Waals surface area contributed by atoms with Gasteiger partial charge in [-0.25, -0.2) is 0 Å². The summed E-state index contributed by atoms with van der Waals surface area (Å²) in [6.07, 6.45) is 2.40. The summed E-state index contributed by atoms with van der Waals surface area (Å²) in [5.41, 5.74) is 3.24. The number of amides is 1. The van der Waals surface area contributed by atoms with E-state index in [1.165, 1.54) is 0 Å². The minimum Gasteiger partial charge on any atom is -0.376 e. The predicted molar refractivity (Wildman–Crippen MR) is 112 cm³/mol. The fraction of sp³-hybridized carbons (Fsp3) is 0.476. The zero-order valence-corrected chi connectivity index (χ0v) is 16.9. The largest absolute Gasteiger partial charge is 0.376 e. The van der Waals surface area contributed by atoms with Gasteiger partial charge in [-0.1, -0.05) is 0 Å². The van der Waals surface area contributed by atoms with Crippen molar-refractivity contribution in [2.75, 3.05) is 41.8 Å². The molecule has 2 aromatic rings. The van der Waals surface area contributed by atoms with Crippen LogP contribution in [-0.4, -0.2) is 48.4 Å². The second kappa shape index (κ2) is 9.50. The Hall–Kier alpha value is -2.67. The lowest BCUT2D eigenvalue weighted by Crippen LogP contribution is -2.22. The number of carbonyl (C=O) groups excluding carboxylic acids is 1. The quantitative estimate of drug-likeness (QED) is 0.727. The zero-order chi connectivity index (χ0) is 19.9. The van der Waals surface area contributed by atoms with Crippen LogP contribution in [0.5, 0.6) is 0 Å². The van der Waals surface area contributed by atoms with Gasteiger partial charge in [-0.15, -0.1) is 10.2 Å². The fourth-order valence-electron chi connectivity index (χ4n) is 3.33. The van der Waals surface area contributed by atoms with Crippen LogP contribution in [0.2, 0.25) is 0 Å². The van der Waals surface area contributed by atoms with Crippen molar-refractivity contribution in [3.8, 4) is 0 Å². The number of hydrogen-bond donors (Lipinski definition) is 2. The first-order chi connectivity index (χ1) is 13.6. The molecular formula is C21H29N5O2. The van der Waals surface area contributed by atoms with Crippen molar-refractivity contribution in [2.45, 2.75) is 39.7 Å². The molecule has 3 rings (SSSR count). The number of carbonyl (C=O) groups is 1. The Balaban J connectivity index is 1.59. The number of nitrogens with one attached hydrogen (secondary N) is 2. The lowest BCUT2D eigenvalue weighted by atomic mass is 10.1. The third-order valence-corrected chi connectivity index (χ3v) is 5.02. The Morgan fingerprint density at radius 3 is 2.64 bits per heavy atom. The van der Waals surface area contributed by atoms with E-state index in [4.69, 9.17) is 4.74 Å². The molecule has 1 aromatic carbocycles. The van der Waals surface area contributed by atoms with E-state index in [2.05, 4.69) is 45.6 Å². The van der Waals surface area contributed by atoms with Gasteiger partial charge in [-0.05, 0) is 69.5 Å². The number of anilines is 3. The molecule has 1 aromatic heterocycles. The molecule has 1 saturated heterocycles. The number of hydrogen-bond acceptors (Lipinski definition) is 6. The van der Waals surface area contributed by atoms with Crippen molar-refractivity contribution in [2.24, 2.45) is 0 Å². The second-order valence-electron chi connectivity index (χ2n) is 6.95. The van der Waals surface area contributed by atoms with Crippen LogP contribution in [0.25, 0.3) is 0 Å². The maximum Gasteiger partial charge on any atom is 0.276 e. The highest BCUT2D eigenvalue weighted by Gasteiger charge is 2.16. The van der Waals surface area contributed by atoms with E-state index >= 15 is 0 Å². The lowest BCUT2D eigenvalue weighted by molar-refractivity contribution is 0.102. The number of aryl methyl sites for hydroxylation is 1. The summed E-state index contributed by atoms with van der Waals surface area (Å²) in [6.45, 7) is 9.69. The summed E-state index contributed by atoms with van der Waals surface area (Å²) in [6, 6.07) is 9.50. The molecule has 0 bridgehead atoms. The molecule has 1 aliphatic heterocycles. The molecule has 2 heterocycles. The molecule has 0 radical (unpaired) electrons. The summed E-state index contributed by atoms with van der Waals surface area (Å²) in [5, 5.41) is 14.3. The monoisotopic (exact) mass is 383 g/mol. The van der Waals surface area contributed by atoms with E-state index in [-0.39, 0.29) is 17.7 Å². The Bertz CT molecular complexity index is 784. The van der Waals surface area contributed by atoms with Crippen LogP contribution in [0, 0.1) is 6.92 Å². The van der Waals surface area contributed by atoms with Crippen molar-refractivity contribution in [3.63, 3.8) is 0 Å². The lowest BCUT2D eigenvalue weighted by Gasteiger charge is -2.22.